The number of ether oxygens (including phenoxy) is 6. The Morgan fingerprint density at radius 1 is 0.788 bits per heavy atom. The molecule has 8 aliphatic rings. The quantitative estimate of drug-likeness (QED) is 0.193. The van der Waals surface area contributed by atoms with E-state index >= 15 is 0 Å². The van der Waals surface area contributed by atoms with Crippen LogP contribution in [0.4, 0.5) is 0 Å². The fraction of sp³-hybridized carbons (Fsp3) is 0.949. The second-order valence-electron chi connectivity index (χ2n) is 18.3. The summed E-state index contributed by atoms with van der Waals surface area (Å²) in [6.07, 6.45) is -3.06. The van der Waals surface area contributed by atoms with E-state index in [1.807, 2.05) is 0 Å². The minimum Gasteiger partial charge on any atom is -0.394 e. The maximum absolute atomic E-state index is 11.1. The fourth-order valence-electron chi connectivity index (χ4n) is 12.6. The van der Waals surface area contributed by atoms with E-state index in [-0.39, 0.29) is 23.0 Å². The Morgan fingerprint density at radius 2 is 1.50 bits per heavy atom. The Balaban J connectivity index is 0.913. The molecule has 0 unspecified atom stereocenters. The van der Waals surface area contributed by atoms with Crippen LogP contribution < -0.4 is 0 Å². The van der Waals surface area contributed by atoms with Gasteiger partial charge in [-0.15, -0.1) is 0 Å². The molecule has 13 heteroatoms. The number of aliphatic hydroxyl groups excluding tert-OH is 7. The third-order valence-corrected chi connectivity index (χ3v) is 15.6. The lowest BCUT2D eigenvalue weighted by atomic mass is 9.47. The molecule has 0 radical (unpaired) electrons. The SMILES string of the molecule is C[C@@H]1CC[C@]2(OC1)O[C@@H]1C[C@@H]3[C@H]4CC=C5C[C@@H](O[C@@H]6O[C@H](CO)[C@@H](O[C@@H]7O[C@H](CO)[C@@H](O)[C@H](O)[C@H]7O)[C@H](O)[C@H]6O)CC[C@]5(C)[C@@H]4CC[C@]3(C)[C@@H]1[C@H]2C. The van der Waals surface area contributed by atoms with Crippen molar-refractivity contribution < 1.29 is 64.2 Å². The summed E-state index contributed by atoms with van der Waals surface area (Å²) in [7, 11) is 0. The molecule has 4 aliphatic carbocycles. The molecule has 0 aromatic carbocycles. The fourth-order valence-corrected chi connectivity index (χ4v) is 12.6. The first-order chi connectivity index (χ1) is 24.7. The highest BCUT2D eigenvalue weighted by atomic mass is 16.7. The van der Waals surface area contributed by atoms with Gasteiger partial charge in [0.05, 0.1) is 32.0 Å². The standard InChI is InChI=1S/C39H62O13/c1-18-7-12-39(47-17-18)19(2)28-25(52-39)14-24-22-6-5-20-13-21(8-10-37(20,3)23(22)9-11-38(24,28)4)48-35-33(46)31(44)34(27(16-41)50-35)51-36-32(45)30(43)29(42)26(15-40)49-36/h5,18-19,21-36,40-46H,6-17H2,1-4H3/t18-,19-,21+,22+,23-,24-,25-,26-,27-,28-,29-,30+,31-,32-,33-,34-,35-,36+,37+,38+,39+/m1/s1. The highest BCUT2D eigenvalue weighted by molar-refractivity contribution is 5.26. The van der Waals surface area contributed by atoms with Crippen LogP contribution in [0.5, 0.6) is 0 Å². The molecule has 13 nitrogen and oxygen atoms in total. The summed E-state index contributed by atoms with van der Waals surface area (Å²) in [4.78, 5) is 0. The Bertz CT molecular complexity index is 1320. The molecule has 1 spiro atoms. The second-order valence-corrected chi connectivity index (χ2v) is 18.3. The first kappa shape index (κ1) is 38.1. The largest absolute Gasteiger partial charge is 0.394 e. The summed E-state index contributed by atoms with van der Waals surface area (Å²) in [6.45, 7) is 9.20. The van der Waals surface area contributed by atoms with E-state index in [1.165, 1.54) is 24.8 Å². The topological polar surface area (TPSA) is 197 Å². The van der Waals surface area contributed by atoms with Crippen LogP contribution in [0.2, 0.25) is 0 Å². The average Bonchev–Trinajstić information content (AvgIpc) is 3.58. The van der Waals surface area contributed by atoms with Crippen LogP contribution >= 0.6 is 0 Å². The van der Waals surface area contributed by atoms with Gasteiger partial charge in [0.25, 0.3) is 0 Å². The van der Waals surface area contributed by atoms with Gasteiger partial charge in [0.15, 0.2) is 18.4 Å². The summed E-state index contributed by atoms with van der Waals surface area (Å²) in [5.41, 5.74) is 1.70. The van der Waals surface area contributed by atoms with Crippen LogP contribution in [-0.4, -0.2) is 135 Å². The average molecular weight is 739 g/mol. The molecule has 0 bridgehead atoms. The summed E-state index contributed by atoms with van der Waals surface area (Å²) in [6, 6.07) is 0. The molecule has 0 aromatic heterocycles. The van der Waals surface area contributed by atoms with Gasteiger partial charge < -0.3 is 64.2 Å². The summed E-state index contributed by atoms with van der Waals surface area (Å²) >= 11 is 0. The number of rotatable bonds is 6. The third-order valence-electron chi connectivity index (χ3n) is 15.6. The summed E-state index contributed by atoms with van der Waals surface area (Å²) in [5.74, 6) is 2.92. The van der Waals surface area contributed by atoms with E-state index in [4.69, 9.17) is 28.4 Å². The first-order valence-corrected chi connectivity index (χ1v) is 20.0. The molecule has 52 heavy (non-hydrogen) atoms. The molecule has 7 fully saturated rings. The number of hydrogen-bond donors (Lipinski definition) is 7. The molecular formula is C39H62O13. The Morgan fingerprint density at radius 3 is 2.21 bits per heavy atom. The van der Waals surface area contributed by atoms with Crippen molar-refractivity contribution in [2.75, 3.05) is 19.8 Å². The maximum Gasteiger partial charge on any atom is 0.187 e. The van der Waals surface area contributed by atoms with Crippen molar-refractivity contribution in [3.63, 3.8) is 0 Å². The van der Waals surface area contributed by atoms with E-state index in [2.05, 4.69) is 33.8 Å². The zero-order chi connectivity index (χ0) is 36.9. The van der Waals surface area contributed by atoms with Crippen molar-refractivity contribution in [1.29, 1.82) is 0 Å². The van der Waals surface area contributed by atoms with E-state index in [0.29, 0.717) is 41.9 Å². The normalized spacial score (nSPS) is 57.5. The smallest absolute Gasteiger partial charge is 0.187 e. The van der Waals surface area contributed by atoms with Crippen LogP contribution in [-0.2, 0) is 28.4 Å². The number of hydrogen-bond acceptors (Lipinski definition) is 13. The van der Waals surface area contributed by atoms with Gasteiger partial charge in [0.1, 0.15) is 48.8 Å². The number of aliphatic hydroxyl groups is 7. The van der Waals surface area contributed by atoms with Crippen LogP contribution in [0.1, 0.15) is 85.5 Å². The highest BCUT2D eigenvalue weighted by Crippen LogP contribution is 2.70. The van der Waals surface area contributed by atoms with Gasteiger partial charge >= 0.3 is 0 Å². The van der Waals surface area contributed by atoms with Crippen molar-refractivity contribution >= 4 is 0 Å². The van der Waals surface area contributed by atoms with E-state index in [0.717, 1.165) is 38.7 Å². The molecule has 296 valence electrons. The molecule has 4 heterocycles. The maximum atomic E-state index is 11.1. The first-order valence-electron chi connectivity index (χ1n) is 20.0. The van der Waals surface area contributed by atoms with Crippen LogP contribution in [0.15, 0.2) is 11.6 Å². The summed E-state index contributed by atoms with van der Waals surface area (Å²) < 4.78 is 36.9. The molecule has 4 saturated heterocycles. The minimum atomic E-state index is -1.72. The molecule has 3 saturated carbocycles. The highest BCUT2D eigenvalue weighted by Gasteiger charge is 2.68. The molecule has 0 aromatic rings. The number of allylic oxidation sites excluding steroid dienone is 1. The van der Waals surface area contributed by atoms with Gasteiger partial charge in [-0.2, -0.15) is 0 Å². The zero-order valence-electron chi connectivity index (χ0n) is 31.0. The Hall–Kier alpha value is -0.780. The lowest BCUT2D eigenvalue weighted by Gasteiger charge is -2.58. The van der Waals surface area contributed by atoms with E-state index in [1.54, 1.807) is 0 Å². The van der Waals surface area contributed by atoms with Crippen LogP contribution in [0, 0.1) is 46.3 Å². The van der Waals surface area contributed by atoms with Crippen LogP contribution in [0.3, 0.4) is 0 Å². The Kier molecular flexibility index (Phi) is 10.3. The lowest BCUT2D eigenvalue weighted by Crippen LogP contribution is -2.65. The minimum absolute atomic E-state index is 0.0572. The van der Waals surface area contributed by atoms with E-state index in [9.17, 15) is 35.7 Å². The molecule has 4 aliphatic heterocycles. The van der Waals surface area contributed by atoms with Crippen molar-refractivity contribution in [3.05, 3.63) is 11.6 Å². The Labute approximate surface area is 306 Å². The van der Waals surface area contributed by atoms with Crippen LogP contribution in [0.25, 0.3) is 0 Å². The van der Waals surface area contributed by atoms with Crippen molar-refractivity contribution in [2.45, 2.75) is 165 Å². The molecule has 8 rings (SSSR count). The van der Waals surface area contributed by atoms with Crippen molar-refractivity contribution in [1.82, 2.24) is 0 Å². The molecule has 0 amide bonds. The van der Waals surface area contributed by atoms with E-state index < -0.39 is 80.4 Å². The van der Waals surface area contributed by atoms with Gasteiger partial charge in [-0.05, 0) is 91.8 Å². The predicted octanol–water partition coefficient (Wildman–Crippen LogP) is 1.36. The zero-order valence-corrected chi connectivity index (χ0v) is 31.0. The monoisotopic (exact) mass is 738 g/mol. The van der Waals surface area contributed by atoms with Gasteiger partial charge in [0, 0.05) is 12.3 Å². The number of fused-ring (bicyclic) bond motifs is 7. The third kappa shape index (κ3) is 5.90. The molecule has 7 N–H and O–H groups in total. The predicted molar refractivity (Wildman–Crippen MR) is 183 cm³/mol. The van der Waals surface area contributed by atoms with Gasteiger partial charge in [-0.1, -0.05) is 39.3 Å². The van der Waals surface area contributed by atoms with Crippen molar-refractivity contribution in [2.24, 2.45) is 46.3 Å². The van der Waals surface area contributed by atoms with Gasteiger partial charge in [0.2, 0.25) is 0 Å². The lowest BCUT2D eigenvalue weighted by molar-refractivity contribution is -0.363. The summed E-state index contributed by atoms with van der Waals surface area (Å²) in [5, 5.41) is 72.7. The molecule has 21 atom stereocenters. The van der Waals surface area contributed by atoms with Gasteiger partial charge in [-0.25, -0.2) is 0 Å². The van der Waals surface area contributed by atoms with Gasteiger partial charge in [-0.3, -0.25) is 0 Å². The molecular weight excluding hydrogens is 676 g/mol. The second kappa shape index (κ2) is 14.0. The van der Waals surface area contributed by atoms with Crippen molar-refractivity contribution in [3.8, 4) is 0 Å².